The molecule has 4 rings (SSSR count). The number of benzene rings is 1. The summed E-state index contributed by atoms with van der Waals surface area (Å²) in [6.07, 6.45) is 1.50. The van der Waals surface area contributed by atoms with E-state index in [0.717, 1.165) is 14.9 Å². The van der Waals surface area contributed by atoms with Gasteiger partial charge in [-0.3, -0.25) is 9.36 Å². The molecule has 0 atom stereocenters. The minimum absolute atomic E-state index is 0.114. The van der Waals surface area contributed by atoms with Crippen molar-refractivity contribution in [3.05, 3.63) is 62.8 Å². The van der Waals surface area contributed by atoms with Crippen molar-refractivity contribution in [1.29, 1.82) is 0 Å². The molecular formula is C15H9BrN4O2S. The van der Waals surface area contributed by atoms with E-state index in [1.54, 1.807) is 6.07 Å². The van der Waals surface area contributed by atoms with E-state index in [0.29, 0.717) is 17.2 Å². The number of hydrogen-bond donors (Lipinski definition) is 0. The molecule has 0 fully saturated rings. The summed E-state index contributed by atoms with van der Waals surface area (Å²) in [5.74, 6) is 0.763. The molecule has 3 heterocycles. The average molecular weight is 389 g/mol. The zero-order valence-electron chi connectivity index (χ0n) is 11.6. The molecule has 8 heteroatoms. The predicted molar refractivity (Wildman–Crippen MR) is 90.4 cm³/mol. The minimum Gasteiger partial charge on any atom is -0.419 e. The zero-order chi connectivity index (χ0) is 15.8. The summed E-state index contributed by atoms with van der Waals surface area (Å²) in [5.41, 5.74) is 0.696. The highest BCUT2D eigenvalue weighted by atomic mass is 79.9. The first-order chi connectivity index (χ1) is 11.2. The number of nitrogens with zero attached hydrogens (tertiary/aromatic N) is 4. The van der Waals surface area contributed by atoms with Crippen LogP contribution in [0.15, 0.2) is 55.7 Å². The van der Waals surface area contributed by atoms with Gasteiger partial charge in [-0.05, 0) is 39.5 Å². The van der Waals surface area contributed by atoms with Gasteiger partial charge in [-0.25, -0.2) is 4.98 Å². The van der Waals surface area contributed by atoms with Gasteiger partial charge in [0.25, 0.3) is 5.56 Å². The predicted octanol–water partition coefficient (Wildman–Crippen LogP) is 3.32. The van der Waals surface area contributed by atoms with Crippen LogP contribution < -0.4 is 5.56 Å². The lowest BCUT2D eigenvalue weighted by molar-refractivity contribution is 0.483. The monoisotopic (exact) mass is 388 g/mol. The fourth-order valence-electron chi connectivity index (χ4n) is 2.21. The fraction of sp³-hybridized carbons (Fsp3) is 0.0667. The average Bonchev–Trinajstić information content (AvgIpc) is 3.20. The maximum absolute atomic E-state index is 12.4. The summed E-state index contributed by atoms with van der Waals surface area (Å²) in [4.78, 5) is 17.3. The lowest BCUT2D eigenvalue weighted by Crippen LogP contribution is -2.20. The molecule has 0 aliphatic heterocycles. The summed E-state index contributed by atoms with van der Waals surface area (Å²) < 4.78 is 8.00. The van der Waals surface area contributed by atoms with Crippen molar-refractivity contribution < 1.29 is 4.42 Å². The fourth-order valence-corrected chi connectivity index (χ4v) is 3.39. The molecule has 0 saturated heterocycles. The number of rotatable bonds is 3. The third kappa shape index (κ3) is 2.60. The van der Waals surface area contributed by atoms with Gasteiger partial charge < -0.3 is 4.42 Å². The van der Waals surface area contributed by atoms with Crippen molar-refractivity contribution in [3.63, 3.8) is 0 Å². The van der Waals surface area contributed by atoms with Crippen molar-refractivity contribution in [3.8, 4) is 11.5 Å². The molecule has 0 bridgehead atoms. The Kier molecular flexibility index (Phi) is 3.55. The first-order valence-corrected chi connectivity index (χ1v) is 8.39. The third-order valence-electron chi connectivity index (χ3n) is 3.33. The molecule has 0 amide bonds. The maximum Gasteiger partial charge on any atom is 0.262 e. The number of hydrogen-bond acceptors (Lipinski definition) is 6. The first-order valence-electron chi connectivity index (χ1n) is 6.72. The molecular weight excluding hydrogens is 380 g/mol. The Morgan fingerprint density at radius 3 is 2.96 bits per heavy atom. The Hall–Kier alpha value is -2.32. The molecule has 0 N–H and O–H groups in total. The molecule has 23 heavy (non-hydrogen) atoms. The van der Waals surface area contributed by atoms with Gasteiger partial charge in [0.1, 0.15) is 11.4 Å². The molecule has 0 aliphatic carbocycles. The second-order valence-electron chi connectivity index (χ2n) is 4.80. The highest BCUT2D eigenvalue weighted by molar-refractivity contribution is 9.10. The molecule has 0 spiro atoms. The molecule has 114 valence electrons. The first kappa shape index (κ1) is 14.3. The maximum atomic E-state index is 12.4. The second-order valence-corrected chi connectivity index (χ2v) is 6.55. The molecule has 4 aromatic rings. The van der Waals surface area contributed by atoms with E-state index in [9.17, 15) is 4.79 Å². The van der Waals surface area contributed by atoms with Crippen molar-refractivity contribution in [1.82, 2.24) is 19.7 Å². The van der Waals surface area contributed by atoms with Gasteiger partial charge in [-0.1, -0.05) is 12.1 Å². The van der Waals surface area contributed by atoms with Crippen LogP contribution >= 0.6 is 27.3 Å². The van der Waals surface area contributed by atoms with Crippen LogP contribution in [0.25, 0.3) is 21.7 Å². The zero-order valence-corrected chi connectivity index (χ0v) is 14.0. The third-order valence-corrected chi connectivity index (χ3v) is 4.84. The van der Waals surface area contributed by atoms with Gasteiger partial charge in [0.05, 0.1) is 17.3 Å². The van der Waals surface area contributed by atoms with E-state index in [1.807, 2.05) is 29.6 Å². The van der Waals surface area contributed by atoms with E-state index in [1.165, 1.54) is 22.2 Å². The van der Waals surface area contributed by atoms with Crippen molar-refractivity contribution >= 4 is 37.5 Å². The quantitative estimate of drug-likeness (QED) is 0.538. The highest BCUT2D eigenvalue weighted by Crippen LogP contribution is 2.26. The van der Waals surface area contributed by atoms with Gasteiger partial charge in [-0.2, -0.15) is 0 Å². The summed E-state index contributed by atoms with van der Waals surface area (Å²) in [6, 6.07) is 9.35. The molecule has 0 aliphatic rings. The van der Waals surface area contributed by atoms with Gasteiger partial charge in [-0.15, -0.1) is 21.5 Å². The SMILES string of the molecule is O=c1c2ccsc2ncn1Cc1nnc(-c2ccccc2Br)o1. The van der Waals surface area contributed by atoms with E-state index >= 15 is 0 Å². The molecule has 0 saturated carbocycles. The lowest BCUT2D eigenvalue weighted by Gasteiger charge is -2.01. The Balaban J connectivity index is 1.68. The van der Waals surface area contributed by atoms with Gasteiger partial charge >= 0.3 is 0 Å². The van der Waals surface area contributed by atoms with Crippen LogP contribution in [0.2, 0.25) is 0 Å². The lowest BCUT2D eigenvalue weighted by atomic mass is 10.2. The largest absolute Gasteiger partial charge is 0.419 e. The molecule has 1 aromatic carbocycles. The smallest absolute Gasteiger partial charge is 0.262 e. The molecule has 3 aromatic heterocycles. The number of thiophene rings is 1. The van der Waals surface area contributed by atoms with E-state index in [-0.39, 0.29) is 12.1 Å². The number of fused-ring (bicyclic) bond motifs is 1. The normalized spacial score (nSPS) is 11.2. The summed E-state index contributed by atoms with van der Waals surface area (Å²) >= 11 is 4.89. The Labute approximate surface area is 142 Å². The van der Waals surface area contributed by atoms with Gasteiger partial charge in [0, 0.05) is 4.47 Å². The molecule has 0 unspecified atom stereocenters. The van der Waals surface area contributed by atoms with Crippen LogP contribution in [0.4, 0.5) is 0 Å². The van der Waals surface area contributed by atoms with E-state index in [2.05, 4.69) is 31.1 Å². The van der Waals surface area contributed by atoms with Crippen LogP contribution in [0.3, 0.4) is 0 Å². The van der Waals surface area contributed by atoms with Crippen molar-refractivity contribution in [2.75, 3.05) is 0 Å². The standard InChI is InChI=1S/C15H9BrN4O2S/c16-11-4-2-1-3-9(11)13-19-18-12(22-13)7-20-8-17-14-10(15(20)21)5-6-23-14/h1-6,8H,7H2. The summed E-state index contributed by atoms with van der Waals surface area (Å²) in [7, 11) is 0. The van der Waals surface area contributed by atoms with Crippen molar-refractivity contribution in [2.45, 2.75) is 6.54 Å². The Morgan fingerprint density at radius 2 is 2.09 bits per heavy atom. The van der Waals surface area contributed by atoms with Crippen LogP contribution in [-0.4, -0.2) is 19.7 Å². The van der Waals surface area contributed by atoms with Gasteiger partial charge in [0.15, 0.2) is 0 Å². The van der Waals surface area contributed by atoms with Crippen LogP contribution in [0, 0.1) is 0 Å². The van der Waals surface area contributed by atoms with E-state index < -0.39 is 0 Å². The second kappa shape index (κ2) is 5.71. The van der Waals surface area contributed by atoms with Crippen LogP contribution in [0.1, 0.15) is 5.89 Å². The number of aromatic nitrogens is 4. The van der Waals surface area contributed by atoms with Crippen LogP contribution in [-0.2, 0) is 6.54 Å². The minimum atomic E-state index is -0.114. The van der Waals surface area contributed by atoms with Crippen LogP contribution in [0.5, 0.6) is 0 Å². The summed E-state index contributed by atoms with van der Waals surface area (Å²) in [5, 5.41) is 10.5. The Morgan fingerprint density at radius 1 is 1.22 bits per heavy atom. The number of halogens is 1. The Bertz CT molecular complexity index is 1050. The van der Waals surface area contributed by atoms with E-state index in [4.69, 9.17) is 4.42 Å². The molecule has 6 nitrogen and oxygen atoms in total. The topological polar surface area (TPSA) is 73.8 Å². The van der Waals surface area contributed by atoms with Crippen molar-refractivity contribution in [2.24, 2.45) is 0 Å². The highest BCUT2D eigenvalue weighted by Gasteiger charge is 2.13. The summed E-state index contributed by atoms with van der Waals surface area (Å²) in [6.45, 7) is 0.190. The van der Waals surface area contributed by atoms with Gasteiger partial charge in [0.2, 0.25) is 11.8 Å². The molecule has 0 radical (unpaired) electrons.